The van der Waals surface area contributed by atoms with Crippen molar-refractivity contribution in [1.82, 2.24) is 0 Å². The number of aliphatic hydroxyl groups excluding tert-OH is 3. The van der Waals surface area contributed by atoms with Crippen LogP contribution in [-0.4, -0.2) is 75.9 Å². The van der Waals surface area contributed by atoms with Gasteiger partial charge in [0.15, 0.2) is 5.79 Å². The molecule has 3 heterocycles. The molecule has 3 rings (SSSR count). The molecule has 46 heavy (non-hydrogen) atoms. The fourth-order valence-corrected chi connectivity index (χ4v) is 7.46. The maximum Gasteiger partial charge on any atom is 0.334 e. The molecule has 8 atom stereocenters. The van der Waals surface area contributed by atoms with Crippen molar-refractivity contribution < 1.29 is 39.1 Å². The second-order valence-corrected chi connectivity index (χ2v) is 14.9. The lowest BCUT2D eigenvalue weighted by Crippen LogP contribution is -2.45. The molecular formula is C38H68O8. The van der Waals surface area contributed by atoms with E-state index >= 15 is 0 Å². The van der Waals surface area contributed by atoms with Gasteiger partial charge >= 0.3 is 5.97 Å². The summed E-state index contributed by atoms with van der Waals surface area (Å²) in [5.74, 6) is -0.968. The lowest BCUT2D eigenvalue weighted by Gasteiger charge is -2.41. The molecule has 0 aromatic heterocycles. The first kappa shape index (κ1) is 39.4. The molecule has 8 nitrogen and oxygen atoms in total. The van der Waals surface area contributed by atoms with E-state index in [2.05, 4.69) is 6.92 Å². The van der Waals surface area contributed by atoms with Gasteiger partial charge in [-0.1, -0.05) is 90.4 Å². The van der Waals surface area contributed by atoms with E-state index < -0.39 is 24.1 Å². The topological polar surface area (TPSA) is 115 Å². The Hall–Kier alpha value is -1.03. The highest BCUT2D eigenvalue weighted by atomic mass is 16.7. The van der Waals surface area contributed by atoms with Crippen molar-refractivity contribution in [2.45, 2.75) is 224 Å². The van der Waals surface area contributed by atoms with Crippen molar-refractivity contribution in [2.75, 3.05) is 0 Å². The van der Waals surface area contributed by atoms with Gasteiger partial charge in [-0.15, -0.1) is 0 Å². The zero-order valence-electron chi connectivity index (χ0n) is 29.6. The Kier molecular flexibility index (Phi) is 18.1. The molecule has 0 aromatic rings. The Labute approximate surface area is 280 Å². The van der Waals surface area contributed by atoms with Gasteiger partial charge in [0.1, 0.15) is 6.10 Å². The van der Waals surface area contributed by atoms with E-state index in [4.69, 9.17) is 18.9 Å². The van der Waals surface area contributed by atoms with Crippen LogP contribution in [0.5, 0.6) is 0 Å². The van der Waals surface area contributed by atoms with Crippen LogP contribution < -0.4 is 0 Å². The number of cyclic esters (lactones) is 1. The molecule has 0 aliphatic carbocycles. The van der Waals surface area contributed by atoms with Gasteiger partial charge in [0.2, 0.25) is 0 Å². The summed E-state index contributed by atoms with van der Waals surface area (Å²) in [4.78, 5) is 11.8. The van der Waals surface area contributed by atoms with Crippen molar-refractivity contribution in [3.05, 3.63) is 11.6 Å². The van der Waals surface area contributed by atoms with Crippen molar-refractivity contribution in [1.29, 1.82) is 0 Å². The van der Waals surface area contributed by atoms with Gasteiger partial charge in [0.25, 0.3) is 0 Å². The summed E-state index contributed by atoms with van der Waals surface area (Å²) < 4.78 is 23.7. The lowest BCUT2D eigenvalue weighted by atomic mass is 9.96. The summed E-state index contributed by atoms with van der Waals surface area (Å²) in [6, 6.07) is 0. The Morgan fingerprint density at radius 3 is 1.91 bits per heavy atom. The van der Waals surface area contributed by atoms with Gasteiger partial charge in [-0.2, -0.15) is 0 Å². The van der Waals surface area contributed by atoms with E-state index in [0.29, 0.717) is 24.8 Å². The lowest BCUT2D eigenvalue weighted by molar-refractivity contribution is -0.302. The van der Waals surface area contributed by atoms with Gasteiger partial charge in [-0.25, -0.2) is 4.79 Å². The highest BCUT2D eigenvalue weighted by molar-refractivity contribution is 5.90. The third kappa shape index (κ3) is 15.0. The first-order chi connectivity index (χ1) is 22.1. The van der Waals surface area contributed by atoms with E-state index in [1.54, 1.807) is 6.08 Å². The summed E-state index contributed by atoms with van der Waals surface area (Å²) in [5.41, 5.74) is 0.588. The second kappa shape index (κ2) is 21.1. The summed E-state index contributed by atoms with van der Waals surface area (Å²) in [7, 11) is 0. The molecule has 0 bridgehead atoms. The highest BCUT2D eigenvalue weighted by Crippen LogP contribution is 2.33. The average Bonchev–Trinajstić information content (AvgIpc) is 3.62. The minimum Gasteiger partial charge on any atom is -0.455 e. The van der Waals surface area contributed by atoms with Crippen LogP contribution in [0.15, 0.2) is 11.6 Å². The first-order valence-corrected chi connectivity index (χ1v) is 19.0. The summed E-state index contributed by atoms with van der Waals surface area (Å²) >= 11 is 0. The van der Waals surface area contributed by atoms with E-state index in [0.717, 1.165) is 64.2 Å². The molecule has 2 fully saturated rings. The van der Waals surface area contributed by atoms with Crippen LogP contribution in [0.3, 0.4) is 0 Å². The Morgan fingerprint density at radius 1 is 0.761 bits per heavy atom. The summed E-state index contributed by atoms with van der Waals surface area (Å²) in [5, 5.41) is 32.0. The zero-order chi connectivity index (χ0) is 33.4. The van der Waals surface area contributed by atoms with Crippen LogP contribution in [0.1, 0.15) is 169 Å². The average molecular weight is 653 g/mol. The molecule has 0 spiro atoms. The Morgan fingerprint density at radius 2 is 1.30 bits per heavy atom. The van der Waals surface area contributed by atoms with Crippen molar-refractivity contribution >= 4 is 5.97 Å². The molecular weight excluding hydrogens is 584 g/mol. The number of hydrogen-bond donors (Lipinski definition) is 3. The molecule has 3 aliphatic rings. The fourth-order valence-electron chi connectivity index (χ4n) is 7.46. The molecule has 3 N–H and O–H groups in total. The van der Waals surface area contributed by atoms with E-state index in [-0.39, 0.29) is 36.5 Å². The van der Waals surface area contributed by atoms with Crippen LogP contribution in [0.2, 0.25) is 0 Å². The largest absolute Gasteiger partial charge is 0.455 e. The van der Waals surface area contributed by atoms with Crippen molar-refractivity contribution in [2.24, 2.45) is 0 Å². The molecule has 3 aliphatic heterocycles. The minimum absolute atomic E-state index is 0.0196. The second-order valence-electron chi connectivity index (χ2n) is 14.9. The maximum absolute atomic E-state index is 11.8. The van der Waals surface area contributed by atoms with E-state index in [9.17, 15) is 20.1 Å². The predicted molar refractivity (Wildman–Crippen MR) is 181 cm³/mol. The Bertz CT molecular complexity index is 875. The standard InChI is InChI=1S/C38H68O8/c1-5-6-7-8-9-10-11-12-13-17-20-33(40)35-23-24-36(44-35)34(41)22-21-32-27-31(45-38(3,4)46-32)19-16-14-15-18-30(39)26-29-25-28(2)43-37(29)42/h25,28,30-36,39-41H,5-24,26-27H2,1-4H3/t28-,30+,31+,32+,33+,34+,35+,36+/m0/s1. The predicted octanol–water partition coefficient (Wildman–Crippen LogP) is 7.83. The molecule has 0 aromatic carbocycles. The van der Waals surface area contributed by atoms with Gasteiger partial charge in [-0.05, 0) is 71.8 Å². The summed E-state index contributed by atoms with van der Waals surface area (Å²) in [6.45, 7) is 8.01. The van der Waals surface area contributed by atoms with Gasteiger partial charge in [0, 0.05) is 18.4 Å². The smallest absolute Gasteiger partial charge is 0.334 e. The molecule has 2 saturated heterocycles. The third-order valence-corrected chi connectivity index (χ3v) is 10.0. The van der Waals surface area contributed by atoms with Crippen LogP contribution in [0.4, 0.5) is 0 Å². The summed E-state index contributed by atoms with van der Waals surface area (Å²) in [6.07, 6.45) is 22.1. The van der Waals surface area contributed by atoms with Crippen LogP contribution in [0.25, 0.3) is 0 Å². The molecule has 0 saturated carbocycles. The number of ether oxygens (including phenoxy) is 4. The third-order valence-electron chi connectivity index (χ3n) is 10.0. The van der Waals surface area contributed by atoms with Gasteiger partial charge < -0.3 is 34.3 Å². The zero-order valence-corrected chi connectivity index (χ0v) is 29.6. The number of carbonyl (C=O) groups excluding carboxylic acids is 1. The van der Waals surface area contributed by atoms with Gasteiger partial charge in [-0.3, -0.25) is 0 Å². The monoisotopic (exact) mass is 652 g/mol. The number of hydrogen-bond acceptors (Lipinski definition) is 8. The van der Waals surface area contributed by atoms with Crippen molar-refractivity contribution in [3.63, 3.8) is 0 Å². The number of unbranched alkanes of at least 4 members (excludes halogenated alkanes) is 11. The molecule has 8 heteroatoms. The molecule has 0 amide bonds. The van der Waals surface area contributed by atoms with Crippen LogP contribution >= 0.6 is 0 Å². The number of aliphatic hydroxyl groups is 3. The minimum atomic E-state index is -0.664. The first-order valence-electron chi connectivity index (χ1n) is 19.0. The van der Waals surface area contributed by atoms with Crippen LogP contribution in [0, 0.1) is 0 Å². The molecule has 0 unspecified atom stereocenters. The SMILES string of the molecule is CCCCCCCCCCCC[C@@H](O)[C@H]1CC[C@H]([C@H](O)CC[C@@H]2C[C@@H](CCCCC[C@@H](O)CC3=C[C@H](C)OC3=O)OC(C)(C)O2)O1. The van der Waals surface area contributed by atoms with Gasteiger partial charge in [0.05, 0.1) is 42.7 Å². The number of carbonyl (C=O) groups is 1. The van der Waals surface area contributed by atoms with Crippen LogP contribution in [-0.2, 0) is 23.7 Å². The quantitative estimate of drug-likeness (QED) is 0.0714. The number of rotatable bonds is 24. The maximum atomic E-state index is 11.8. The normalized spacial score (nSPS) is 28.2. The Balaban J connectivity index is 1.25. The fraction of sp³-hybridized carbons (Fsp3) is 0.921. The molecule has 0 radical (unpaired) electrons. The molecule has 268 valence electrons. The van der Waals surface area contributed by atoms with E-state index in [1.165, 1.54) is 57.8 Å². The van der Waals surface area contributed by atoms with Crippen molar-refractivity contribution in [3.8, 4) is 0 Å². The van der Waals surface area contributed by atoms with E-state index in [1.807, 2.05) is 20.8 Å². The number of esters is 1. The highest BCUT2D eigenvalue weighted by Gasteiger charge is 2.37.